The zero-order chi connectivity index (χ0) is 19.9. The molecule has 2 nitrogen and oxygen atoms in total. The van der Waals surface area contributed by atoms with Gasteiger partial charge in [0.2, 0.25) is 0 Å². The van der Waals surface area contributed by atoms with Gasteiger partial charge in [-0.05, 0) is 61.8 Å². The van der Waals surface area contributed by atoms with E-state index >= 15 is 0 Å². The Morgan fingerprint density at radius 3 is 1.48 bits per heavy atom. The Hall–Kier alpha value is -1.96. The fourth-order valence-electron chi connectivity index (χ4n) is 4.71. The lowest BCUT2D eigenvalue weighted by Crippen LogP contribution is -2.28. The summed E-state index contributed by atoms with van der Waals surface area (Å²) in [6, 6.07) is 9.43. The summed E-state index contributed by atoms with van der Waals surface area (Å²) in [6.45, 7) is 21.4. The number of aryl methyl sites for hydroxylation is 4. The molecule has 0 unspecified atom stereocenters. The minimum atomic E-state index is 0.536. The second kappa shape index (κ2) is 7.58. The largest absolute Gasteiger partial charge is 0.352 e. The van der Waals surface area contributed by atoms with E-state index in [0.717, 1.165) is 19.8 Å². The monoisotopic (exact) mass is 364 g/mol. The molecule has 1 aliphatic rings. The molecule has 1 saturated heterocycles. The van der Waals surface area contributed by atoms with E-state index in [0.29, 0.717) is 11.8 Å². The van der Waals surface area contributed by atoms with Crippen molar-refractivity contribution < 1.29 is 0 Å². The molecule has 0 bridgehead atoms. The van der Waals surface area contributed by atoms with Gasteiger partial charge in [0.05, 0.1) is 6.67 Å². The van der Waals surface area contributed by atoms with Crippen LogP contribution in [-0.4, -0.2) is 19.8 Å². The number of hydrogen-bond donors (Lipinski definition) is 0. The minimum Gasteiger partial charge on any atom is -0.352 e. The maximum Gasteiger partial charge on any atom is 0.0904 e. The fraction of sp³-hybridized carbons (Fsp3) is 0.520. The Bertz CT molecular complexity index is 780. The Balaban J connectivity index is 2.01. The van der Waals surface area contributed by atoms with Crippen LogP contribution >= 0.6 is 0 Å². The van der Waals surface area contributed by atoms with Crippen LogP contribution in [0.25, 0.3) is 0 Å². The van der Waals surface area contributed by atoms with Gasteiger partial charge in [0.25, 0.3) is 0 Å². The highest BCUT2D eigenvalue weighted by Crippen LogP contribution is 2.39. The maximum absolute atomic E-state index is 2.61. The molecular formula is C25H36N2. The van der Waals surface area contributed by atoms with Crippen LogP contribution in [0.1, 0.15) is 72.9 Å². The molecule has 3 rings (SSSR count). The summed E-state index contributed by atoms with van der Waals surface area (Å²) in [5, 5.41) is 0. The van der Waals surface area contributed by atoms with Crippen molar-refractivity contribution in [3.63, 3.8) is 0 Å². The van der Waals surface area contributed by atoms with E-state index in [1.165, 1.54) is 44.8 Å². The Labute approximate surface area is 166 Å². The molecule has 0 saturated carbocycles. The molecule has 2 heteroatoms. The topological polar surface area (TPSA) is 6.48 Å². The Kier molecular flexibility index (Phi) is 5.55. The van der Waals surface area contributed by atoms with Crippen molar-refractivity contribution in [3.05, 3.63) is 57.6 Å². The van der Waals surface area contributed by atoms with Crippen LogP contribution in [0.15, 0.2) is 24.3 Å². The van der Waals surface area contributed by atoms with Crippen LogP contribution < -0.4 is 9.80 Å². The van der Waals surface area contributed by atoms with Gasteiger partial charge in [-0.15, -0.1) is 0 Å². The van der Waals surface area contributed by atoms with Crippen molar-refractivity contribution in [2.45, 2.75) is 67.2 Å². The predicted octanol–water partition coefficient (Wildman–Crippen LogP) is 6.45. The Morgan fingerprint density at radius 2 is 1.04 bits per heavy atom. The molecule has 0 N–H and O–H groups in total. The molecular weight excluding hydrogens is 328 g/mol. The predicted molar refractivity (Wildman–Crippen MR) is 120 cm³/mol. The van der Waals surface area contributed by atoms with E-state index in [2.05, 4.69) is 89.5 Å². The smallest absolute Gasteiger partial charge is 0.0904 e. The van der Waals surface area contributed by atoms with Gasteiger partial charge in [-0.2, -0.15) is 0 Å². The van der Waals surface area contributed by atoms with Gasteiger partial charge >= 0.3 is 0 Å². The van der Waals surface area contributed by atoms with Gasteiger partial charge < -0.3 is 9.80 Å². The molecule has 1 aliphatic heterocycles. The number of benzene rings is 2. The first-order valence-corrected chi connectivity index (χ1v) is 10.4. The van der Waals surface area contributed by atoms with Crippen LogP contribution in [-0.2, 0) is 0 Å². The highest BCUT2D eigenvalue weighted by molar-refractivity contribution is 5.67. The SMILES string of the molecule is Cc1cc(C)c(N2CCN(c3c(C(C)C)cc(C)cc3C(C)C)C2)c(C)c1. The Morgan fingerprint density at radius 1 is 0.630 bits per heavy atom. The number of hydrogen-bond acceptors (Lipinski definition) is 2. The van der Waals surface area contributed by atoms with Gasteiger partial charge in [0.15, 0.2) is 0 Å². The quantitative estimate of drug-likeness (QED) is 0.615. The molecule has 0 aliphatic carbocycles. The summed E-state index contributed by atoms with van der Waals surface area (Å²) < 4.78 is 0. The third-order valence-electron chi connectivity index (χ3n) is 5.81. The second-order valence-corrected chi connectivity index (χ2v) is 9.02. The van der Waals surface area contributed by atoms with Crippen molar-refractivity contribution >= 4 is 11.4 Å². The molecule has 0 radical (unpaired) electrons. The summed E-state index contributed by atoms with van der Waals surface area (Å²) >= 11 is 0. The highest BCUT2D eigenvalue weighted by Gasteiger charge is 2.27. The fourth-order valence-corrected chi connectivity index (χ4v) is 4.71. The number of nitrogens with zero attached hydrogens (tertiary/aromatic N) is 2. The summed E-state index contributed by atoms with van der Waals surface area (Å²) in [6.07, 6.45) is 0. The zero-order valence-electron chi connectivity index (χ0n) is 18.5. The van der Waals surface area contributed by atoms with E-state index in [1.807, 2.05) is 0 Å². The van der Waals surface area contributed by atoms with E-state index in [-0.39, 0.29) is 0 Å². The standard InChI is InChI=1S/C25H36N2/c1-16(2)22-13-19(6)14-23(17(3)4)25(22)27-10-9-26(15-27)24-20(7)11-18(5)12-21(24)8/h11-14,16-17H,9-10,15H2,1-8H3. The van der Waals surface area contributed by atoms with Crippen LogP contribution in [0.3, 0.4) is 0 Å². The average Bonchev–Trinajstić information content (AvgIpc) is 3.02. The van der Waals surface area contributed by atoms with Gasteiger partial charge in [0.1, 0.15) is 0 Å². The third kappa shape index (κ3) is 3.85. The van der Waals surface area contributed by atoms with Crippen molar-refractivity contribution in [3.8, 4) is 0 Å². The van der Waals surface area contributed by atoms with Gasteiger partial charge in [-0.3, -0.25) is 0 Å². The van der Waals surface area contributed by atoms with Crippen LogP contribution in [0.5, 0.6) is 0 Å². The van der Waals surface area contributed by atoms with Crippen LogP contribution in [0.4, 0.5) is 11.4 Å². The summed E-state index contributed by atoms with van der Waals surface area (Å²) in [5.41, 5.74) is 11.4. The average molecular weight is 365 g/mol. The van der Waals surface area contributed by atoms with Crippen LogP contribution in [0, 0.1) is 27.7 Å². The molecule has 0 atom stereocenters. The summed E-state index contributed by atoms with van der Waals surface area (Å²) in [4.78, 5) is 5.18. The van der Waals surface area contributed by atoms with Gasteiger partial charge in [0, 0.05) is 24.5 Å². The van der Waals surface area contributed by atoms with E-state index < -0.39 is 0 Å². The molecule has 27 heavy (non-hydrogen) atoms. The molecule has 0 aromatic heterocycles. The zero-order valence-corrected chi connectivity index (χ0v) is 18.5. The van der Waals surface area contributed by atoms with Crippen molar-refractivity contribution in [1.82, 2.24) is 0 Å². The third-order valence-corrected chi connectivity index (χ3v) is 5.81. The first-order valence-electron chi connectivity index (χ1n) is 10.4. The number of rotatable bonds is 4. The van der Waals surface area contributed by atoms with E-state index in [9.17, 15) is 0 Å². The second-order valence-electron chi connectivity index (χ2n) is 9.02. The lowest BCUT2D eigenvalue weighted by atomic mass is 9.90. The van der Waals surface area contributed by atoms with Gasteiger partial charge in [-0.1, -0.05) is 63.1 Å². The lowest BCUT2D eigenvalue weighted by molar-refractivity contribution is 0.805. The molecule has 1 fully saturated rings. The maximum atomic E-state index is 2.61. The molecule has 2 aromatic carbocycles. The molecule has 0 spiro atoms. The molecule has 146 valence electrons. The molecule has 0 amide bonds. The van der Waals surface area contributed by atoms with Crippen molar-refractivity contribution in [2.75, 3.05) is 29.6 Å². The molecule has 2 aromatic rings. The first kappa shape index (κ1) is 19.8. The normalized spacial score (nSPS) is 14.7. The van der Waals surface area contributed by atoms with E-state index in [4.69, 9.17) is 0 Å². The summed E-state index contributed by atoms with van der Waals surface area (Å²) in [5.74, 6) is 1.07. The van der Waals surface area contributed by atoms with Crippen molar-refractivity contribution in [1.29, 1.82) is 0 Å². The first-order chi connectivity index (χ1) is 12.7. The minimum absolute atomic E-state index is 0.536. The van der Waals surface area contributed by atoms with Gasteiger partial charge in [-0.25, -0.2) is 0 Å². The highest BCUT2D eigenvalue weighted by atomic mass is 15.4. The van der Waals surface area contributed by atoms with Crippen LogP contribution in [0.2, 0.25) is 0 Å². The lowest BCUT2D eigenvalue weighted by Gasteiger charge is -2.30. The summed E-state index contributed by atoms with van der Waals surface area (Å²) in [7, 11) is 0. The van der Waals surface area contributed by atoms with E-state index in [1.54, 1.807) is 0 Å². The molecule has 1 heterocycles. The van der Waals surface area contributed by atoms with Crippen molar-refractivity contribution in [2.24, 2.45) is 0 Å². The number of anilines is 2.